The molecule has 1 spiro atoms. The quantitative estimate of drug-likeness (QED) is 0.683. The second-order valence-corrected chi connectivity index (χ2v) is 9.88. The number of halogens is 2. The van der Waals surface area contributed by atoms with Crippen LogP contribution in [0.2, 0.25) is 0 Å². The molecule has 9 heteroatoms. The van der Waals surface area contributed by atoms with Crippen LogP contribution in [0, 0.1) is 0 Å². The highest BCUT2D eigenvalue weighted by molar-refractivity contribution is 7.98. The van der Waals surface area contributed by atoms with Crippen molar-refractivity contribution in [2.75, 3.05) is 39.5 Å². The van der Waals surface area contributed by atoms with Crippen molar-refractivity contribution in [3.8, 4) is 0 Å². The van der Waals surface area contributed by atoms with Crippen LogP contribution >= 0.6 is 11.8 Å². The third-order valence-electron chi connectivity index (χ3n) is 7.10. The first-order valence-corrected chi connectivity index (χ1v) is 12.0. The Labute approximate surface area is 180 Å². The van der Waals surface area contributed by atoms with Gasteiger partial charge in [0, 0.05) is 18.5 Å². The van der Waals surface area contributed by atoms with Gasteiger partial charge < -0.3 is 9.64 Å². The van der Waals surface area contributed by atoms with E-state index < -0.39 is 5.92 Å². The normalized spacial score (nSPS) is 29.3. The van der Waals surface area contributed by atoms with E-state index in [2.05, 4.69) is 33.0 Å². The smallest absolute Gasteiger partial charge is 0.262 e. The molecular formula is C21H29F2N5OS. The molecule has 0 aromatic carbocycles. The van der Waals surface area contributed by atoms with Gasteiger partial charge in [0.15, 0.2) is 0 Å². The van der Waals surface area contributed by atoms with E-state index in [4.69, 9.17) is 4.74 Å². The Morgan fingerprint density at radius 1 is 1.23 bits per heavy atom. The number of alkyl halides is 2. The third kappa shape index (κ3) is 3.63. The minimum Gasteiger partial charge on any atom is -0.367 e. The summed E-state index contributed by atoms with van der Waals surface area (Å²) in [6, 6.07) is 4.09. The van der Waals surface area contributed by atoms with Gasteiger partial charge in [-0.1, -0.05) is 0 Å². The molecule has 30 heavy (non-hydrogen) atoms. The Bertz CT molecular complexity index is 914. The van der Waals surface area contributed by atoms with Crippen LogP contribution in [0.25, 0.3) is 5.52 Å². The van der Waals surface area contributed by atoms with E-state index in [-0.39, 0.29) is 30.7 Å². The number of ether oxygens (including phenoxy) is 1. The monoisotopic (exact) mass is 437 g/mol. The number of likely N-dealkylation sites (tertiary alicyclic amines) is 2. The fraction of sp³-hybridized carbons (Fsp3) is 0.714. The number of fused-ring (bicyclic) bond motifs is 1. The Morgan fingerprint density at radius 3 is 2.80 bits per heavy atom. The summed E-state index contributed by atoms with van der Waals surface area (Å²) in [5, 5.41) is 5.35. The van der Waals surface area contributed by atoms with Crippen molar-refractivity contribution in [2.24, 2.45) is 0 Å². The maximum Gasteiger partial charge on any atom is 0.262 e. The summed E-state index contributed by atoms with van der Waals surface area (Å²) < 4.78 is 37.1. The number of thioether (sulfide) groups is 1. The molecule has 0 amide bonds. The van der Waals surface area contributed by atoms with Crippen molar-refractivity contribution >= 4 is 17.3 Å². The molecule has 0 radical (unpaired) electrons. The standard InChI is InChI=1S/C21H29F2N5OS/c1-26-9-7-20(8-10-26)12-21(22,23)13-27(20)11-15-3-6-18(29-15)16-4-5-17-19(30-2)24-14-25-28(16)17/h4-5,14-15,18H,3,6-13H2,1-2H3/t15-,18+/m0/s1. The molecule has 5 rings (SSSR count). The van der Waals surface area contributed by atoms with Crippen molar-refractivity contribution < 1.29 is 13.5 Å². The third-order valence-corrected chi connectivity index (χ3v) is 7.80. The van der Waals surface area contributed by atoms with Gasteiger partial charge in [-0.3, -0.25) is 4.90 Å². The summed E-state index contributed by atoms with van der Waals surface area (Å²) in [7, 11) is 2.07. The van der Waals surface area contributed by atoms with Crippen LogP contribution in [0.4, 0.5) is 8.78 Å². The van der Waals surface area contributed by atoms with Crippen LogP contribution < -0.4 is 0 Å². The molecule has 3 saturated heterocycles. The zero-order chi connectivity index (χ0) is 20.9. The van der Waals surface area contributed by atoms with Gasteiger partial charge in [0.05, 0.1) is 23.9 Å². The van der Waals surface area contributed by atoms with Crippen LogP contribution in [0.3, 0.4) is 0 Å². The molecular weight excluding hydrogens is 408 g/mol. The molecule has 164 valence electrons. The summed E-state index contributed by atoms with van der Waals surface area (Å²) in [4.78, 5) is 8.62. The summed E-state index contributed by atoms with van der Waals surface area (Å²) in [6.45, 7) is 2.21. The van der Waals surface area contributed by atoms with E-state index in [1.807, 2.05) is 16.8 Å². The molecule has 2 atom stereocenters. The summed E-state index contributed by atoms with van der Waals surface area (Å²) >= 11 is 1.59. The highest BCUT2D eigenvalue weighted by Crippen LogP contribution is 2.46. The molecule has 3 aliphatic rings. The summed E-state index contributed by atoms with van der Waals surface area (Å²) in [5.74, 6) is -2.60. The van der Waals surface area contributed by atoms with Crippen LogP contribution in [-0.4, -0.2) is 81.4 Å². The van der Waals surface area contributed by atoms with Crippen LogP contribution in [0.5, 0.6) is 0 Å². The molecule has 2 aromatic heterocycles. The van der Waals surface area contributed by atoms with Crippen LogP contribution in [0.15, 0.2) is 23.5 Å². The van der Waals surface area contributed by atoms with Gasteiger partial charge in [0.1, 0.15) is 17.5 Å². The number of piperidine rings is 1. The van der Waals surface area contributed by atoms with Gasteiger partial charge >= 0.3 is 0 Å². The lowest BCUT2D eigenvalue weighted by Crippen LogP contribution is -2.53. The second-order valence-electron chi connectivity index (χ2n) is 9.09. The van der Waals surface area contributed by atoms with Crippen molar-refractivity contribution in [3.63, 3.8) is 0 Å². The van der Waals surface area contributed by atoms with Crippen LogP contribution in [-0.2, 0) is 4.74 Å². The lowest BCUT2D eigenvalue weighted by atomic mass is 9.84. The van der Waals surface area contributed by atoms with E-state index >= 15 is 0 Å². The molecule has 5 heterocycles. The van der Waals surface area contributed by atoms with Crippen molar-refractivity contribution in [3.05, 3.63) is 24.2 Å². The zero-order valence-corrected chi connectivity index (χ0v) is 18.4. The lowest BCUT2D eigenvalue weighted by molar-refractivity contribution is -0.0155. The number of hydrogen-bond acceptors (Lipinski definition) is 6. The highest BCUT2D eigenvalue weighted by Gasteiger charge is 2.55. The Balaban J connectivity index is 1.31. The van der Waals surface area contributed by atoms with Crippen molar-refractivity contribution in [2.45, 2.75) is 60.8 Å². The maximum absolute atomic E-state index is 14.4. The molecule has 0 aliphatic carbocycles. The van der Waals surface area contributed by atoms with E-state index in [0.29, 0.717) is 6.54 Å². The fourth-order valence-corrected chi connectivity index (χ4v) is 6.03. The largest absolute Gasteiger partial charge is 0.367 e. The number of rotatable bonds is 4. The van der Waals surface area contributed by atoms with Gasteiger partial charge in [-0.15, -0.1) is 11.8 Å². The van der Waals surface area contributed by atoms with Crippen molar-refractivity contribution in [1.29, 1.82) is 0 Å². The molecule has 0 N–H and O–H groups in total. The van der Waals surface area contributed by atoms with E-state index in [9.17, 15) is 8.78 Å². The molecule has 3 fully saturated rings. The minimum atomic E-state index is -2.60. The van der Waals surface area contributed by atoms with E-state index in [0.717, 1.165) is 55.0 Å². The van der Waals surface area contributed by atoms with Gasteiger partial charge in [-0.05, 0) is 64.2 Å². The molecule has 3 aliphatic heterocycles. The fourth-order valence-electron chi connectivity index (χ4n) is 5.52. The summed E-state index contributed by atoms with van der Waals surface area (Å²) in [6.07, 6.45) is 6.88. The topological polar surface area (TPSA) is 45.9 Å². The van der Waals surface area contributed by atoms with E-state index in [1.165, 1.54) is 0 Å². The SMILES string of the molecule is CSc1ncnn2c([C@H]3CC[C@@H](CN4CC(F)(F)CC45CCN(C)CC5)O3)ccc12. The Morgan fingerprint density at radius 2 is 2.03 bits per heavy atom. The maximum atomic E-state index is 14.4. The first-order chi connectivity index (χ1) is 14.4. The molecule has 6 nitrogen and oxygen atoms in total. The number of aromatic nitrogens is 3. The van der Waals surface area contributed by atoms with Crippen LogP contribution in [0.1, 0.15) is 43.9 Å². The van der Waals surface area contributed by atoms with E-state index in [1.54, 1.807) is 18.1 Å². The first kappa shape index (κ1) is 20.6. The van der Waals surface area contributed by atoms with Crippen molar-refractivity contribution in [1.82, 2.24) is 24.4 Å². The molecule has 2 aromatic rings. The predicted molar refractivity (Wildman–Crippen MR) is 112 cm³/mol. The number of nitrogens with zero attached hydrogens (tertiary/aromatic N) is 5. The van der Waals surface area contributed by atoms with Gasteiger partial charge in [-0.25, -0.2) is 18.3 Å². The van der Waals surface area contributed by atoms with Gasteiger partial charge in [0.25, 0.3) is 5.92 Å². The average molecular weight is 438 g/mol. The Kier molecular flexibility index (Phi) is 5.28. The zero-order valence-electron chi connectivity index (χ0n) is 17.6. The summed E-state index contributed by atoms with van der Waals surface area (Å²) in [5.41, 5.74) is 1.63. The highest BCUT2D eigenvalue weighted by atomic mass is 32.2. The lowest BCUT2D eigenvalue weighted by Gasteiger charge is -2.44. The van der Waals surface area contributed by atoms with Gasteiger partial charge in [-0.2, -0.15) is 5.10 Å². The first-order valence-electron chi connectivity index (χ1n) is 10.7. The minimum absolute atomic E-state index is 0.0122. The molecule has 0 saturated carbocycles. The Hall–Kier alpha value is -1.29. The average Bonchev–Trinajstić information content (AvgIpc) is 3.40. The van der Waals surface area contributed by atoms with Gasteiger partial charge in [0.2, 0.25) is 0 Å². The number of hydrogen-bond donors (Lipinski definition) is 0. The molecule has 0 unspecified atom stereocenters. The molecule has 0 bridgehead atoms. The second kappa shape index (κ2) is 7.69. The predicted octanol–water partition coefficient (Wildman–Crippen LogP) is 3.48.